The highest BCUT2D eigenvalue weighted by Gasteiger charge is 2.33. The van der Waals surface area contributed by atoms with Crippen molar-refractivity contribution < 1.29 is 14.3 Å². The van der Waals surface area contributed by atoms with Crippen LogP contribution in [0.1, 0.15) is 18.9 Å². The van der Waals surface area contributed by atoms with Gasteiger partial charge in [0.1, 0.15) is 5.82 Å². The molecule has 0 fully saturated rings. The van der Waals surface area contributed by atoms with Gasteiger partial charge in [-0.3, -0.25) is 10.3 Å². The van der Waals surface area contributed by atoms with Crippen molar-refractivity contribution in [3.05, 3.63) is 34.1 Å². The fraction of sp³-hybridized carbons (Fsp3) is 0.333. The van der Waals surface area contributed by atoms with Gasteiger partial charge in [0.2, 0.25) is 0 Å². The number of amidine groups is 1. The standard InChI is InChI=1S/C12H12BrFN2O2S/c1-12(8-6-7(13)2-3-9(8)14)4-5-19-10(16-12)15-11(17)18/h2-3,6H,4-5H2,1H3,(H,15,16)(H,17,18)/t12-/m0/s1. The summed E-state index contributed by atoms with van der Waals surface area (Å²) in [6.45, 7) is 1.81. The maximum atomic E-state index is 14.0. The highest BCUT2D eigenvalue weighted by atomic mass is 79.9. The molecule has 0 radical (unpaired) electrons. The Kier molecular flexibility index (Phi) is 4.15. The Balaban J connectivity index is 2.40. The number of amides is 1. The van der Waals surface area contributed by atoms with Gasteiger partial charge in [-0.05, 0) is 31.5 Å². The van der Waals surface area contributed by atoms with E-state index in [1.165, 1.54) is 17.8 Å². The molecular weight excluding hydrogens is 335 g/mol. The van der Waals surface area contributed by atoms with Gasteiger partial charge in [-0.15, -0.1) is 0 Å². The number of rotatable bonds is 1. The lowest BCUT2D eigenvalue weighted by atomic mass is 9.89. The second-order valence-electron chi connectivity index (χ2n) is 4.34. The summed E-state index contributed by atoms with van der Waals surface area (Å²) in [5.41, 5.74) is -0.288. The lowest BCUT2D eigenvalue weighted by Gasteiger charge is -2.30. The van der Waals surface area contributed by atoms with Gasteiger partial charge < -0.3 is 5.11 Å². The number of hydrogen-bond acceptors (Lipinski definition) is 3. The van der Waals surface area contributed by atoms with Crippen LogP contribution in [0.25, 0.3) is 0 Å². The van der Waals surface area contributed by atoms with Crippen molar-refractivity contribution in [3.63, 3.8) is 0 Å². The van der Waals surface area contributed by atoms with Crippen LogP contribution < -0.4 is 5.32 Å². The summed E-state index contributed by atoms with van der Waals surface area (Å²) in [7, 11) is 0. The summed E-state index contributed by atoms with van der Waals surface area (Å²) in [6, 6.07) is 4.69. The molecule has 1 aromatic carbocycles. The van der Waals surface area contributed by atoms with Crippen LogP contribution >= 0.6 is 27.7 Å². The Hall–Kier alpha value is -1.08. The number of nitrogens with one attached hydrogen (secondary N) is 1. The molecule has 0 aromatic heterocycles. The molecule has 0 spiro atoms. The second-order valence-corrected chi connectivity index (χ2v) is 6.34. The first kappa shape index (κ1) is 14.3. The summed E-state index contributed by atoms with van der Waals surface area (Å²) in [4.78, 5) is 15.0. The smallest absolute Gasteiger partial charge is 0.410 e. The molecule has 1 aromatic rings. The van der Waals surface area contributed by atoms with Gasteiger partial charge >= 0.3 is 6.09 Å². The minimum atomic E-state index is -1.16. The van der Waals surface area contributed by atoms with Crippen LogP contribution in [0, 0.1) is 5.82 Å². The molecule has 0 saturated heterocycles. The number of carbonyl (C=O) groups is 1. The lowest BCUT2D eigenvalue weighted by Crippen LogP contribution is -2.35. The molecule has 2 N–H and O–H groups in total. The van der Waals surface area contributed by atoms with E-state index >= 15 is 0 Å². The average Bonchev–Trinajstić information content (AvgIpc) is 2.31. The predicted molar refractivity (Wildman–Crippen MR) is 77.1 cm³/mol. The zero-order valence-electron chi connectivity index (χ0n) is 10.1. The molecule has 1 amide bonds. The first-order chi connectivity index (χ1) is 8.90. The van der Waals surface area contributed by atoms with E-state index in [-0.39, 0.29) is 5.82 Å². The molecule has 0 aliphatic carbocycles. The summed E-state index contributed by atoms with van der Waals surface area (Å²) in [5, 5.41) is 11.3. The largest absolute Gasteiger partial charge is 0.465 e. The Morgan fingerprint density at radius 2 is 2.37 bits per heavy atom. The first-order valence-corrected chi connectivity index (χ1v) is 7.37. The maximum absolute atomic E-state index is 14.0. The fourth-order valence-electron chi connectivity index (χ4n) is 1.92. The van der Waals surface area contributed by atoms with Gasteiger partial charge in [0.25, 0.3) is 0 Å². The highest BCUT2D eigenvalue weighted by molar-refractivity contribution is 9.10. The first-order valence-electron chi connectivity index (χ1n) is 5.59. The van der Waals surface area contributed by atoms with Gasteiger partial charge in [-0.25, -0.2) is 9.18 Å². The summed E-state index contributed by atoms with van der Waals surface area (Å²) < 4.78 is 14.7. The quantitative estimate of drug-likeness (QED) is 0.817. The van der Waals surface area contributed by atoms with E-state index in [1.807, 2.05) is 0 Å². The van der Waals surface area contributed by atoms with E-state index in [4.69, 9.17) is 5.11 Å². The lowest BCUT2D eigenvalue weighted by molar-refractivity contribution is 0.200. The zero-order valence-corrected chi connectivity index (χ0v) is 12.5. The number of nitrogens with zero attached hydrogens (tertiary/aromatic N) is 1. The topological polar surface area (TPSA) is 61.7 Å². The molecule has 1 aliphatic heterocycles. The molecule has 19 heavy (non-hydrogen) atoms. The minimum absolute atomic E-state index is 0.306. The molecular formula is C12H12BrFN2O2S. The number of aliphatic imine (C=N–C) groups is 1. The van der Waals surface area contributed by atoms with E-state index in [9.17, 15) is 9.18 Å². The van der Waals surface area contributed by atoms with Crippen molar-refractivity contribution in [3.8, 4) is 0 Å². The van der Waals surface area contributed by atoms with Gasteiger partial charge in [0, 0.05) is 15.8 Å². The number of hydrogen-bond donors (Lipinski definition) is 2. The molecule has 2 rings (SSSR count). The molecule has 7 heteroatoms. The van der Waals surface area contributed by atoms with Gasteiger partial charge in [-0.1, -0.05) is 27.7 Å². The zero-order chi connectivity index (χ0) is 14.0. The normalized spacial score (nSPS) is 22.8. The number of halogens is 2. The third kappa shape index (κ3) is 3.27. The van der Waals surface area contributed by atoms with Crippen molar-refractivity contribution in [1.29, 1.82) is 0 Å². The van der Waals surface area contributed by atoms with E-state index < -0.39 is 11.6 Å². The molecule has 1 aliphatic rings. The van der Waals surface area contributed by atoms with Gasteiger partial charge in [0.15, 0.2) is 5.17 Å². The van der Waals surface area contributed by atoms with Crippen molar-refractivity contribution in [1.82, 2.24) is 5.32 Å². The molecule has 1 atom stereocenters. The van der Waals surface area contributed by atoms with Gasteiger partial charge in [0.05, 0.1) is 5.54 Å². The predicted octanol–water partition coefficient (Wildman–Crippen LogP) is 3.56. The minimum Gasteiger partial charge on any atom is -0.465 e. The molecule has 1 heterocycles. The van der Waals surface area contributed by atoms with Crippen molar-refractivity contribution in [2.24, 2.45) is 4.99 Å². The maximum Gasteiger partial charge on any atom is 0.410 e. The Bertz CT molecular complexity index is 553. The van der Waals surface area contributed by atoms with Crippen LogP contribution in [-0.4, -0.2) is 22.1 Å². The molecule has 4 nitrogen and oxygen atoms in total. The SMILES string of the molecule is C[C@@]1(c2cc(Br)ccc2F)CCSC(NC(=O)O)=N1. The number of thioether (sulfide) groups is 1. The summed E-state index contributed by atoms with van der Waals surface area (Å²) in [6.07, 6.45) is -0.513. The Labute approximate surface area is 122 Å². The highest BCUT2D eigenvalue weighted by Crippen LogP contribution is 2.37. The Morgan fingerprint density at radius 3 is 3.05 bits per heavy atom. The Morgan fingerprint density at radius 1 is 1.63 bits per heavy atom. The molecule has 0 bridgehead atoms. The fourth-order valence-corrected chi connectivity index (χ4v) is 3.40. The summed E-state index contributed by atoms with van der Waals surface area (Å²) in [5.74, 6) is 0.345. The monoisotopic (exact) mass is 346 g/mol. The molecule has 0 saturated carbocycles. The summed E-state index contributed by atoms with van der Waals surface area (Å²) >= 11 is 4.63. The van der Waals surface area contributed by atoms with Crippen LogP contribution in [0.5, 0.6) is 0 Å². The third-order valence-corrected chi connectivity index (χ3v) is 4.27. The second kappa shape index (κ2) is 5.50. The van der Waals surface area contributed by atoms with Crippen LogP contribution in [0.15, 0.2) is 27.7 Å². The van der Waals surface area contributed by atoms with Crippen LogP contribution in [0.2, 0.25) is 0 Å². The number of carboxylic acid groups (broad SMARTS) is 1. The van der Waals surface area contributed by atoms with Crippen LogP contribution in [0.3, 0.4) is 0 Å². The number of benzene rings is 1. The van der Waals surface area contributed by atoms with Gasteiger partial charge in [-0.2, -0.15) is 0 Å². The average molecular weight is 347 g/mol. The van der Waals surface area contributed by atoms with Crippen molar-refractivity contribution >= 4 is 39.0 Å². The van der Waals surface area contributed by atoms with Crippen LogP contribution in [0.4, 0.5) is 9.18 Å². The van der Waals surface area contributed by atoms with E-state index in [0.29, 0.717) is 22.9 Å². The molecule has 102 valence electrons. The molecule has 0 unspecified atom stereocenters. The van der Waals surface area contributed by atoms with Crippen molar-refractivity contribution in [2.75, 3.05) is 5.75 Å². The van der Waals surface area contributed by atoms with Crippen LogP contribution in [-0.2, 0) is 5.54 Å². The van der Waals surface area contributed by atoms with E-state index in [2.05, 4.69) is 26.2 Å². The van der Waals surface area contributed by atoms with Crippen molar-refractivity contribution in [2.45, 2.75) is 18.9 Å². The third-order valence-electron chi connectivity index (χ3n) is 2.90. The van der Waals surface area contributed by atoms with E-state index in [0.717, 1.165) is 4.47 Å². The van der Waals surface area contributed by atoms with E-state index in [1.54, 1.807) is 19.1 Å².